The van der Waals surface area contributed by atoms with Crippen LogP contribution in [0.15, 0.2) is 46.6 Å². The molecule has 0 bridgehead atoms. The van der Waals surface area contributed by atoms with Crippen LogP contribution in [0.25, 0.3) is 21.6 Å². The molecule has 26 heavy (non-hydrogen) atoms. The maximum absolute atomic E-state index is 11.8. The van der Waals surface area contributed by atoms with Crippen molar-refractivity contribution in [2.75, 3.05) is 0 Å². The summed E-state index contributed by atoms with van der Waals surface area (Å²) in [5, 5.41) is 12.8. The molecule has 1 N–H and O–H groups in total. The van der Waals surface area contributed by atoms with E-state index in [0.29, 0.717) is 23.8 Å². The number of hydrogen-bond donors (Lipinski definition) is 1. The van der Waals surface area contributed by atoms with Crippen LogP contribution in [0.3, 0.4) is 0 Å². The number of aromatic carboxylic acids is 1. The highest BCUT2D eigenvalue weighted by atomic mass is 79.9. The molecule has 0 atom stereocenters. The van der Waals surface area contributed by atoms with E-state index in [0.717, 1.165) is 20.1 Å². The van der Waals surface area contributed by atoms with Crippen molar-refractivity contribution < 1.29 is 9.90 Å². The fourth-order valence-electron chi connectivity index (χ4n) is 3.00. The monoisotopic (exact) mass is 428 g/mol. The van der Waals surface area contributed by atoms with E-state index in [9.17, 15) is 9.90 Å². The highest BCUT2D eigenvalue weighted by molar-refractivity contribution is 9.10. The van der Waals surface area contributed by atoms with Crippen molar-refractivity contribution in [3.8, 4) is 11.5 Å². The van der Waals surface area contributed by atoms with E-state index in [1.165, 1.54) is 0 Å². The first-order chi connectivity index (χ1) is 12.6. The Bertz CT molecular complexity index is 1120. The zero-order valence-electron chi connectivity index (χ0n) is 13.7. The van der Waals surface area contributed by atoms with E-state index in [4.69, 9.17) is 0 Å². The van der Waals surface area contributed by atoms with Gasteiger partial charge in [-0.15, -0.1) is 11.3 Å². The predicted molar refractivity (Wildman–Crippen MR) is 104 cm³/mol. The molecule has 0 radical (unpaired) electrons. The first-order valence-corrected chi connectivity index (χ1v) is 9.45. The lowest BCUT2D eigenvalue weighted by molar-refractivity contribution is 0.0685. The molecule has 0 saturated heterocycles. The summed E-state index contributed by atoms with van der Waals surface area (Å²) in [4.78, 5) is 24.7. The Balaban J connectivity index is 1.91. The first-order valence-electron chi connectivity index (χ1n) is 7.77. The molecule has 0 aliphatic heterocycles. The Morgan fingerprint density at radius 3 is 2.92 bits per heavy atom. The second-order valence-corrected chi connectivity index (χ2v) is 7.49. The molecule has 8 heteroatoms. The minimum atomic E-state index is -1.01. The van der Waals surface area contributed by atoms with Gasteiger partial charge in [-0.1, -0.05) is 22.0 Å². The van der Waals surface area contributed by atoms with E-state index >= 15 is 0 Å². The molecule has 0 spiro atoms. The number of imidazole rings is 1. The third-order valence-corrected chi connectivity index (χ3v) is 5.75. The zero-order valence-corrected chi connectivity index (χ0v) is 16.1. The predicted octanol–water partition coefficient (Wildman–Crippen LogP) is 4.37. The number of carboxylic acids is 1. The second kappa shape index (κ2) is 6.62. The van der Waals surface area contributed by atoms with Gasteiger partial charge in [0.2, 0.25) is 0 Å². The number of nitrogens with zero attached hydrogens (tertiary/aromatic N) is 4. The molecular weight excluding hydrogens is 416 g/mol. The van der Waals surface area contributed by atoms with E-state index in [1.807, 2.05) is 12.1 Å². The lowest BCUT2D eigenvalue weighted by atomic mass is 10.1. The molecule has 0 unspecified atom stereocenters. The lowest BCUT2D eigenvalue weighted by Crippen LogP contribution is -2.12. The van der Waals surface area contributed by atoms with Crippen molar-refractivity contribution in [1.82, 2.24) is 19.5 Å². The number of carboxylic acid groups (broad SMARTS) is 1. The summed E-state index contributed by atoms with van der Waals surface area (Å²) < 4.78 is 3.83. The summed E-state index contributed by atoms with van der Waals surface area (Å²) in [6.45, 7) is 2.08. The SMILES string of the molecule is Cc1nc(-c2cnccn2)n(Cc2csc3cccc(Br)c23)c1C(=O)O. The summed E-state index contributed by atoms with van der Waals surface area (Å²) in [5.74, 6) is -0.511. The van der Waals surface area contributed by atoms with Crippen LogP contribution in [-0.2, 0) is 6.54 Å². The van der Waals surface area contributed by atoms with Gasteiger partial charge in [0.1, 0.15) is 5.69 Å². The van der Waals surface area contributed by atoms with Crippen LogP contribution in [0.2, 0.25) is 0 Å². The summed E-state index contributed by atoms with van der Waals surface area (Å²) in [6, 6.07) is 6.02. The summed E-state index contributed by atoms with van der Waals surface area (Å²) >= 11 is 5.23. The number of fused-ring (bicyclic) bond motifs is 1. The van der Waals surface area contributed by atoms with Gasteiger partial charge in [-0.25, -0.2) is 14.8 Å². The molecule has 3 heterocycles. The van der Waals surface area contributed by atoms with Crippen LogP contribution in [-0.4, -0.2) is 30.6 Å². The van der Waals surface area contributed by atoms with E-state index in [-0.39, 0.29) is 5.69 Å². The third-order valence-electron chi connectivity index (χ3n) is 4.09. The van der Waals surface area contributed by atoms with Crippen molar-refractivity contribution in [3.05, 3.63) is 63.6 Å². The van der Waals surface area contributed by atoms with Crippen LogP contribution in [0, 0.1) is 6.92 Å². The third kappa shape index (κ3) is 2.81. The Labute approximate surface area is 161 Å². The molecule has 4 aromatic rings. The Morgan fingerprint density at radius 2 is 2.19 bits per heavy atom. The normalized spacial score (nSPS) is 11.2. The van der Waals surface area contributed by atoms with Crippen molar-refractivity contribution in [2.45, 2.75) is 13.5 Å². The number of aryl methyl sites for hydroxylation is 1. The van der Waals surface area contributed by atoms with E-state index in [1.54, 1.807) is 41.4 Å². The van der Waals surface area contributed by atoms with Gasteiger partial charge < -0.3 is 9.67 Å². The number of benzene rings is 1. The standard InChI is InChI=1S/C18H13BrN4O2S/c1-10-16(18(24)25)23(17(22-10)13-7-20-5-6-21-13)8-11-9-26-14-4-2-3-12(19)15(11)14/h2-7,9H,8H2,1H3,(H,24,25). The van der Waals surface area contributed by atoms with Crippen LogP contribution >= 0.6 is 27.3 Å². The van der Waals surface area contributed by atoms with Gasteiger partial charge in [0.15, 0.2) is 11.5 Å². The fraction of sp³-hybridized carbons (Fsp3) is 0.111. The van der Waals surface area contributed by atoms with Gasteiger partial charge >= 0.3 is 5.97 Å². The van der Waals surface area contributed by atoms with Gasteiger partial charge in [-0.2, -0.15) is 0 Å². The van der Waals surface area contributed by atoms with Crippen molar-refractivity contribution in [1.29, 1.82) is 0 Å². The highest BCUT2D eigenvalue weighted by Gasteiger charge is 2.23. The smallest absolute Gasteiger partial charge is 0.354 e. The number of halogens is 1. The number of hydrogen-bond acceptors (Lipinski definition) is 5. The molecule has 3 aromatic heterocycles. The Hall–Kier alpha value is -2.58. The largest absolute Gasteiger partial charge is 0.477 e. The van der Waals surface area contributed by atoms with Crippen LogP contribution in [0.4, 0.5) is 0 Å². The Morgan fingerprint density at radius 1 is 1.35 bits per heavy atom. The molecule has 0 aliphatic carbocycles. The quantitative estimate of drug-likeness (QED) is 0.521. The highest BCUT2D eigenvalue weighted by Crippen LogP contribution is 2.34. The molecule has 1 aromatic carbocycles. The summed E-state index contributed by atoms with van der Waals surface area (Å²) in [6.07, 6.45) is 4.73. The number of rotatable bonds is 4. The molecular formula is C18H13BrN4O2S. The molecule has 0 saturated carbocycles. The summed E-state index contributed by atoms with van der Waals surface area (Å²) in [5.41, 5.74) is 2.19. The van der Waals surface area contributed by atoms with Gasteiger partial charge in [-0.05, 0) is 30.0 Å². The second-order valence-electron chi connectivity index (χ2n) is 5.73. The zero-order chi connectivity index (χ0) is 18.3. The van der Waals surface area contributed by atoms with Gasteiger partial charge in [-0.3, -0.25) is 4.98 Å². The molecule has 6 nitrogen and oxygen atoms in total. The molecule has 0 fully saturated rings. The molecule has 0 amide bonds. The first kappa shape index (κ1) is 16.9. The molecule has 130 valence electrons. The van der Waals surface area contributed by atoms with Crippen molar-refractivity contribution >= 4 is 43.3 Å². The number of thiophene rings is 1. The topological polar surface area (TPSA) is 80.9 Å². The maximum atomic E-state index is 11.8. The fourth-order valence-corrected chi connectivity index (χ4v) is 4.73. The van der Waals surface area contributed by atoms with Gasteiger partial charge in [0.25, 0.3) is 0 Å². The molecule has 4 rings (SSSR count). The van der Waals surface area contributed by atoms with E-state index < -0.39 is 5.97 Å². The molecule has 0 aliphatic rings. The maximum Gasteiger partial charge on any atom is 0.354 e. The summed E-state index contributed by atoms with van der Waals surface area (Å²) in [7, 11) is 0. The average Bonchev–Trinajstić information content (AvgIpc) is 3.18. The number of aromatic nitrogens is 4. The van der Waals surface area contributed by atoms with Crippen molar-refractivity contribution in [2.24, 2.45) is 0 Å². The average molecular weight is 429 g/mol. The Kier molecular flexibility index (Phi) is 4.29. The van der Waals surface area contributed by atoms with Crippen LogP contribution in [0.5, 0.6) is 0 Å². The van der Waals surface area contributed by atoms with Gasteiger partial charge in [0, 0.05) is 27.0 Å². The van der Waals surface area contributed by atoms with Gasteiger partial charge in [0.05, 0.1) is 18.4 Å². The lowest BCUT2D eigenvalue weighted by Gasteiger charge is -2.10. The van der Waals surface area contributed by atoms with Crippen LogP contribution in [0.1, 0.15) is 21.7 Å². The number of carbonyl (C=O) groups is 1. The van der Waals surface area contributed by atoms with E-state index in [2.05, 4.69) is 42.3 Å². The minimum Gasteiger partial charge on any atom is -0.477 e. The van der Waals surface area contributed by atoms with Crippen LogP contribution < -0.4 is 0 Å². The van der Waals surface area contributed by atoms with Crippen molar-refractivity contribution in [3.63, 3.8) is 0 Å². The minimum absolute atomic E-state index is 0.164.